The molecule has 0 saturated carbocycles. The number of rotatable bonds is 4. The van der Waals surface area contributed by atoms with E-state index in [1.54, 1.807) is 17.9 Å². The summed E-state index contributed by atoms with van der Waals surface area (Å²) in [5, 5.41) is 12.8. The third-order valence-corrected chi connectivity index (χ3v) is 5.29. The Balaban J connectivity index is 1.74. The number of ether oxygens (including phenoxy) is 1. The lowest BCUT2D eigenvalue weighted by molar-refractivity contribution is -0.111. The lowest BCUT2D eigenvalue weighted by atomic mass is 10.0. The SMILES string of the molecule is CCOC(=O)N1CCc2c(sc(NC(=O)/C=C\c3ccccc3)c2C#N)C1. The summed E-state index contributed by atoms with van der Waals surface area (Å²) in [4.78, 5) is 26.7. The Hall–Kier alpha value is -3.11. The van der Waals surface area contributed by atoms with Crippen molar-refractivity contribution in [2.45, 2.75) is 19.9 Å². The summed E-state index contributed by atoms with van der Waals surface area (Å²) < 4.78 is 5.05. The number of nitrogens with one attached hydrogen (secondary N) is 1. The van der Waals surface area contributed by atoms with E-state index in [2.05, 4.69) is 11.4 Å². The monoisotopic (exact) mass is 381 g/mol. The predicted octanol–water partition coefficient (Wildman–Crippen LogP) is 3.79. The predicted molar refractivity (Wildman–Crippen MR) is 104 cm³/mol. The van der Waals surface area contributed by atoms with Gasteiger partial charge in [0, 0.05) is 17.5 Å². The van der Waals surface area contributed by atoms with E-state index < -0.39 is 0 Å². The molecule has 27 heavy (non-hydrogen) atoms. The van der Waals surface area contributed by atoms with Crippen LogP contribution in [0.1, 0.15) is 28.5 Å². The van der Waals surface area contributed by atoms with Gasteiger partial charge < -0.3 is 15.0 Å². The van der Waals surface area contributed by atoms with Crippen LogP contribution in [-0.4, -0.2) is 30.1 Å². The Kier molecular flexibility index (Phi) is 5.89. The summed E-state index contributed by atoms with van der Waals surface area (Å²) in [5.41, 5.74) is 2.31. The molecule has 6 nitrogen and oxygen atoms in total. The molecule has 3 rings (SSSR count). The van der Waals surface area contributed by atoms with Crippen LogP contribution in [-0.2, 0) is 22.5 Å². The van der Waals surface area contributed by atoms with Crippen molar-refractivity contribution in [3.05, 3.63) is 58.0 Å². The summed E-state index contributed by atoms with van der Waals surface area (Å²) in [5.74, 6) is -0.295. The zero-order chi connectivity index (χ0) is 19.2. The summed E-state index contributed by atoms with van der Waals surface area (Å²) in [6, 6.07) is 11.7. The Morgan fingerprint density at radius 1 is 1.37 bits per heavy atom. The number of carbonyl (C=O) groups is 2. The van der Waals surface area contributed by atoms with Crippen LogP contribution >= 0.6 is 11.3 Å². The Labute approximate surface area is 161 Å². The highest BCUT2D eigenvalue weighted by Crippen LogP contribution is 2.36. The molecule has 0 bridgehead atoms. The van der Waals surface area contributed by atoms with Crippen LogP contribution in [0.4, 0.5) is 9.80 Å². The van der Waals surface area contributed by atoms with Crippen LogP contribution in [0.2, 0.25) is 0 Å². The van der Waals surface area contributed by atoms with Crippen molar-refractivity contribution in [2.24, 2.45) is 0 Å². The van der Waals surface area contributed by atoms with Gasteiger partial charge in [-0.05, 0) is 30.5 Å². The highest BCUT2D eigenvalue weighted by atomic mass is 32.1. The zero-order valence-corrected chi connectivity index (χ0v) is 15.7. The maximum absolute atomic E-state index is 12.2. The maximum Gasteiger partial charge on any atom is 0.410 e. The van der Waals surface area contributed by atoms with Crippen LogP contribution in [0, 0.1) is 11.3 Å². The first-order valence-electron chi connectivity index (χ1n) is 8.62. The van der Waals surface area contributed by atoms with Crippen molar-refractivity contribution in [1.82, 2.24) is 4.90 Å². The highest BCUT2D eigenvalue weighted by molar-refractivity contribution is 7.16. The van der Waals surface area contributed by atoms with Gasteiger partial charge in [-0.3, -0.25) is 4.79 Å². The van der Waals surface area contributed by atoms with Gasteiger partial charge in [0.05, 0.1) is 18.7 Å². The van der Waals surface area contributed by atoms with Gasteiger partial charge in [0.25, 0.3) is 0 Å². The van der Waals surface area contributed by atoms with Crippen molar-refractivity contribution >= 4 is 34.4 Å². The molecule has 1 aromatic carbocycles. The van der Waals surface area contributed by atoms with Gasteiger partial charge in [-0.25, -0.2) is 4.79 Å². The van der Waals surface area contributed by atoms with Gasteiger partial charge >= 0.3 is 6.09 Å². The molecule has 1 aliphatic rings. The minimum atomic E-state index is -0.355. The fourth-order valence-corrected chi connectivity index (χ4v) is 4.09. The van der Waals surface area contributed by atoms with Gasteiger partial charge in [-0.15, -0.1) is 11.3 Å². The van der Waals surface area contributed by atoms with E-state index in [0.717, 1.165) is 16.0 Å². The average molecular weight is 381 g/mol. The number of carbonyl (C=O) groups excluding carboxylic acids is 2. The van der Waals surface area contributed by atoms with Crippen molar-refractivity contribution < 1.29 is 14.3 Å². The number of nitrogens with zero attached hydrogens (tertiary/aromatic N) is 2. The average Bonchev–Trinajstić information content (AvgIpc) is 3.03. The van der Waals surface area contributed by atoms with E-state index >= 15 is 0 Å². The van der Waals surface area contributed by atoms with Gasteiger partial charge in [0.2, 0.25) is 5.91 Å². The minimum absolute atomic E-state index is 0.295. The first-order valence-corrected chi connectivity index (χ1v) is 9.44. The zero-order valence-electron chi connectivity index (χ0n) is 14.9. The fourth-order valence-electron chi connectivity index (χ4n) is 2.87. The highest BCUT2D eigenvalue weighted by Gasteiger charge is 2.27. The van der Waals surface area contributed by atoms with Crippen molar-refractivity contribution in [3.63, 3.8) is 0 Å². The number of nitriles is 1. The van der Waals surface area contributed by atoms with Gasteiger partial charge in [-0.1, -0.05) is 30.3 Å². The number of anilines is 1. The lowest BCUT2D eigenvalue weighted by Gasteiger charge is -2.25. The van der Waals surface area contributed by atoms with Crippen LogP contribution in [0.5, 0.6) is 0 Å². The third kappa shape index (κ3) is 4.36. The minimum Gasteiger partial charge on any atom is -0.450 e. The van der Waals surface area contributed by atoms with Crippen molar-refractivity contribution in [3.8, 4) is 6.07 Å². The molecule has 2 aromatic rings. The number of hydrogen-bond acceptors (Lipinski definition) is 5. The number of fused-ring (bicyclic) bond motifs is 1. The van der Waals surface area contributed by atoms with Crippen molar-refractivity contribution in [1.29, 1.82) is 5.26 Å². The van der Waals surface area contributed by atoms with E-state index in [1.165, 1.54) is 17.4 Å². The standard InChI is InChI=1S/C20H19N3O3S/c1-2-26-20(25)23-11-10-15-16(12-21)19(27-17(15)13-23)22-18(24)9-8-14-6-4-3-5-7-14/h3-9H,2,10-11,13H2,1H3,(H,22,24)/b9-8-. The molecule has 1 aliphatic heterocycles. The largest absolute Gasteiger partial charge is 0.450 e. The molecular formula is C20H19N3O3S. The van der Waals surface area contributed by atoms with Crippen LogP contribution in [0.25, 0.3) is 6.08 Å². The number of benzene rings is 1. The first-order chi connectivity index (χ1) is 13.1. The molecular weight excluding hydrogens is 362 g/mol. The summed E-state index contributed by atoms with van der Waals surface area (Å²) in [6.07, 6.45) is 3.38. The molecule has 1 aromatic heterocycles. The molecule has 0 spiro atoms. The summed E-state index contributed by atoms with van der Waals surface area (Å²) in [7, 11) is 0. The number of hydrogen-bond donors (Lipinski definition) is 1. The van der Waals surface area contributed by atoms with Gasteiger partial charge in [-0.2, -0.15) is 5.26 Å². The molecule has 7 heteroatoms. The second kappa shape index (κ2) is 8.52. The van der Waals surface area contributed by atoms with E-state index in [4.69, 9.17) is 4.74 Å². The molecule has 2 amide bonds. The third-order valence-electron chi connectivity index (χ3n) is 4.16. The quantitative estimate of drug-likeness (QED) is 0.817. The fraction of sp³-hybridized carbons (Fsp3) is 0.250. The Morgan fingerprint density at radius 3 is 2.85 bits per heavy atom. The van der Waals surface area contributed by atoms with E-state index in [1.807, 2.05) is 30.3 Å². The van der Waals surface area contributed by atoms with Crippen molar-refractivity contribution in [2.75, 3.05) is 18.5 Å². The second-order valence-electron chi connectivity index (χ2n) is 5.92. The topological polar surface area (TPSA) is 82.4 Å². The molecule has 0 unspecified atom stereocenters. The molecule has 138 valence electrons. The Morgan fingerprint density at radius 2 is 2.15 bits per heavy atom. The number of thiophene rings is 1. The molecule has 0 atom stereocenters. The second-order valence-corrected chi connectivity index (χ2v) is 7.03. The lowest BCUT2D eigenvalue weighted by Crippen LogP contribution is -2.35. The van der Waals surface area contributed by atoms with E-state index in [0.29, 0.717) is 36.7 Å². The molecule has 1 N–H and O–H groups in total. The molecule has 0 fully saturated rings. The molecule has 0 aliphatic carbocycles. The number of amides is 2. The van der Waals surface area contributed by atoms with Crippen LogP contribution < -0.4 is 5.32 Å². The summed E-state index contributed by atoms with van der Waals surface area (Å²) >= 11 is 1.34. The van der Waals surface area contributed by atoms with E-state index in [-0.39, 0.29) is 12.0 Å². The summed E-state index contributed by atoms with van der Waals surface area (Å²) in [6.45, 7) is 2.98. The van der Waals surface area contributed by atoms with Crippen LogP contribution in [0.15, 0.2) is 36.4 Å². The maximum atomic E-state index is 12.2. The first kappa shape index (κ1) is 18.7. The van der Waals surface area contributed by atoms with Gasteiger partial charge in [0.15, 0.2) is 0 Å². The molecule has 0 saturated heterocycles. The van der Waals surface area contributed by atoms with Gasteiger partial charge in [0.1, 0.15) is 11.1 Å². The normalized spacial score (nSPS) is 13.1. The smallest absolute Gasteiger partial charge is 0.410 e. The van der Waals surface area contributed by atoms with E-state index in [9.17, 15) is 14.9 Å². The molecule has 0 radical (unpaired) electrons. The molecule has 2 heterocycles. The Bertz CT molecular complexity index is 913. The van der Waals surface area contributed by atoms with Crippen LogP contribution in [0.3, 0.4) is 0 Å².